The molecule has 0 amide bonds. The fourth-order valence-electron chi connectivity index (χ4n) is 2.32. The van der Waals surface area contributed by atoms with Crippen LogP contribution in [0.15, 0.2) is 55.0 Å². The van der Waals surface area contributed by atoms with E-state index in [1.165, 1.54) is 10.9 Å². The Morgan fingerprint density at radius 1 is 1.21 bits per heavy atom. The highest BCUT2D eigenvalue weighted by atomic mass is 35.5. The van der Waals surface area contributed by atoms with Gasteiger partial charge in [-0.3, -0.25) is 19.8 Å². The summed E-state index contributed by atoms with van der Waals surface area (Å²) in [6.07, 6.45) is 3.54. The van der Waals surface area contributed by atoms with E-state index in [1.807, 2.05) is 0 Å². The maximum atomic E-state index is 11.3. The molecule has 1 N–H and O–H groups in total. The highest BCUT2D eigenvalue weighted by Crippen LogP contribution is 2.28. The Hall–Kier alpha value is -2.77. The van der Waals surface area contributed by atoms with Crippen molar-refractivity contribution >= 4 is 17.3 Å². The molecule has 3 rings (SSSR count). The molecule has 0 spiro atoms. The molecule has 1 atom stereocenters. The summed E-state index contributed by atoms with van der Waals surface area (Å²) in [6, 6.07) is 10.1. The van der Waals surface area contributed by atoms with E-state index in [9.17, 15) is 15.2 Å². The largest absolute Gasteiger partial charge is 0.386 e. The number of hydrogen-bond donors (Lipinski definition) is 1. The van der Waals surface area contributed by atoms with E-state index in [0.29, 0.717) is 16.1 Å². The van der Waals surface area contributed by atoms with E-state index < -0.39 is 11.0 Å². The number of benzene rings is 1. The van der Waals surface area contributed by atoms with Crippen molar-refractivity contribution in [1.82, 2.24) is 14.8 Å². The molecule has 0 radical (unpaired) electrons. The van der Waals surface area contributed by atoms with Crippen molar-refractivity contribution in [3.63, 3.8) is 0 Å². The van der Waals surface area contributed by atoms with Crippen LogP contribution in [0.2, 0.25) is 5.02 Å². The summed E-state index contributed by atoms with van der Waals surface area (Å²) in [4.78, 5) is 14.7. The van der Waals surface area contributed by atoms with Crippen LogP contribution >= 0.6 is 11.6 Å². The SMILES string of the molecule is O=[N+]([O-])c1cn(CC(O)c2ccc(Cl)cc2)nc1-c1ccncc1. The Kier molecular flexibility index (Phi) is 4.54. The topological polar surface area (TPSA) is 94.1 Å². The predicted molar refractivity (Wildman–Crippen MR) is 88.5 cm³/mol. The summed E-state index contributed by atoms with van der Waals surface area (Å²) in [5.41, 5.74) is 1.37. The molecule has 1 aromatic carbocycles. The van der Waals surface area contributed by atoms with Crippen LogP contribution in [0.1, 0.15) is 11.7 Å². The van der Waals surface area contributed by atoms with Gasteiger partial charge in [0.05, 0.1) is 17.6 Å². The number of halogens is 1. The van der Waals surface area contributed by atoms with Gasteiger partial charge in [0, 0.05) is 23.0 Å². The zero-order chi connectivity index (χ0) is 17.1. The zero-order valence-corrected chi connectivity index (χ0v) is 13.2. The van der Waals surface area contributed by atoms with Gasteiger partial charge in [-0.25, -0.2) is 0 Å². The summed E-state index contributed by atoms with van der Waals surface area (Å²) >= 11 is 5.82. The van der Waals surface area contributed by atoms with Crippen molar-refractivity contribution in [3.05, 3.63) is 75.7 Å². The molecule has 0 saturated heterocycles. The van der Waals surface area contributed by atoms with Crippen molar-refractivity contribution in [2.75, 3.05) is 0 Å². The Morgan fingerprint density at radius 3 is 2.50 bits per heavy atom. The quantitative estimate of drug-likeness (QED) is 0.566. The summed E-state index contributed by atoms with van der Waals surface area (Å²) < 4.78 is 1.37. The number of nitrogens with zero attached hydrogens (tertiary/aromatic N) is 4. The average Bonchev–Trinajstić information content (AvgIpc) is 3.00. The van der Waals surface area contributed by atoms with Crippen LogP contribution in [0.3, 0.4) is 0 Å². The van der Waals surface area contributed by atoms with Crippen LogP contribution in [0, 0.1) is 10.1 Å². The van der Waals surface area contributed by atoms with Crippen molar-refractivity contribution < 1.29 is 10.0 Å². The van der Waals surface area contributed by atoms with E-state index in [-0.39, 0.29) is 17.9 Å². The van der Waals surface area contributed by atoms with Gasteiger partial charge in [0.25, 0.3) is 0 Å². The standard InChI is InChI=1S/C16H13ClN4O3/c17-13-3-1-11(2-4-13)15(22)10-20-9-14(21(23)24)16(19-20)12-5-7-18-8-6-12/h1-9,15,22H,10H2. The Bertz CT molecular complexity index is 850. The number of rotatable bonds is 5. The second-order valence-electron chi connectivity index (χ2n) is 5.15. The first-order valence-electron chi connectivity index (χ1n) is 7.10. The first-order chi connectivity index (χ1) is 11.5. The molecular formula is C16H13ClN4O3. The van der Waals surface area contributed by atoms with Gasteiger partial charge in [0.1, 0.15) is 6.20 Å². The van der Waals surface area contributed by atoms with Crippen LogP contribution in [-0.2, 0) is 6.54 Å². The van der Waals surface area contributed by atoms with Gasteiger partial charge in [-0.15, -0.1) is 0 Å². The molecule has 3 aromatic rings. The first-order valence-corrected chi connectivity index (χ1v) is 7.48. The Labute approximate surface area is 142 Å². The highest BCUT2D eigenvalue weighted by molar-refractivity contribution is 6.30. The number of pyridine rings is 1. The third kappa shape index (κ3) is 3.42. The van der Waals surface area contributed by atoms with Gasteiger partial charge in [-0.05, 0) is 29.8 Å². The lowest BCUT2D eigenvalue weighted by molar-refractivity contribution is -0.384. The van der Waals surface area contributed by atoms with Gasteiger partial charge in [-0.1, -0.05) is 23.7 Å². The normalized spacial score (nSPS) is 12.1. The van der Waals surface area contributed by atoms with Crippen LogP contribution < -0.4 is 0 Å². The molecule has 0 fully saturated rings. The molecule has 0 saturated carbocycles. The lowest BCUT2D eigenvalue weighted by Gasteiger charge is -2.10. The molecule has 0 aliphatic rings. The average molecular weight is 345 g/mol. The smallest absolute Gasteiger partial charge is 0.314 e. The lowest BCUT2D eigenvalue weighted by atomic mass is 10.1. The molecule has 0 aliphatic carbocycles. The minimum atomic E-state index is -0.855. The predicted octanol–water partition coefficient (Wildman–Crippen LogP) is 3.24. The number of aliphatic hydroxyl groups excluding tert-OH is 1. The van der Waals surface area contributed by atoms with Gasteiger partial charge < -0.3 is 5.11 Å². The molecule has 24 heavy (non-hydrogen) atoms. The molecule has 8 heteroatoms. The molecule has 0 aliphatic heterocycles. The van der Waals surface area contributed by atoms with Crippen molar-refractivity contribution in [1.29, 1.82) is 0 Å². The molecule has 2 heterocycles. The molecule has 2 aromatic heterocycles. The van der Waals surface area contributed by atoms with Gasteiger partial charge in [0.2, 0.25) is 0 Å². The Balaban J connectivity index is 1.89. The number of aliphatic hydroxyl groups is 1. The van der Waals surface area contributed by atoms with E-state index in [4.69, 9.17) is 11.6 Å². The van der Waals surface area contributed by atoms with Crippen LogP contribution in [-0.4, -0.2) is 24.8 Å². The maximum Gasteiger partial charge on any atom is 0.314 e. The van der Waals surface area contributed by atoms with Crippen LogP contribution in [0.5, 0.6) is 0 Å². The summed E-state index contributed by atoms with van der Waals surface area (Å²) in [7, 11) is 0. The summed E-state index contributed by atoms with van der Waals surface area (Å²) in [5.74, 6) is 0. The Morgan fingerprint density at radius 2 is 1.88 bits per heavy atom. The minimum Gasteiger partial charge on any atom is -0.386 e. The number of aromatic nitrogens is 3. The number of nitro groups is 1. The molecule has 0 bridgehead atoms. The summed E-state index contributed by atoms with van der Waals surface area (Å²) in [6.45, 7) is 0.0908. The molecule has 1 unspecified atom stereocenters. The fraction of sp³-hybridized carbons (Fsp3) is 0.125. The highest BCUT2D eigenvalue weighted by Gasteiger charge is 2.22. The van der Waals surface area contributed by atoms with E-state index in [1.54, 1.807) is 48.8 Å². The van der Waals surface area contributed by atoms with Crippen molar-refractivity contribution in [2.24, 2.45) is 0 Å². The fourth-order valence-corrected chi connectivity index (χ4v) is 2.45. The zero-order valence-electron chi connectivity index (χ0n) is 12.4. The second-order valence-corrected chi connectivity index (χ2v) is 5.58. The van der Waals surface area contributed by atoms with Gasteiger partial charge in [0.15, 0.2) is 5.69 Å². The van der Waals surface area contributed by atoms with Crippen molar-refractivity contribution in [2.45, 2.75) is 12.6 Å². The first kappa shape index (κ1) is 16.1. The third-order valence-electron chi connectivity index (χ3n) is 3.51. The molecule has 7 nitrogen and oxygen atoms in total. The minimum absolute atomic E-state index is 0.0908. The third-order valence-corrected chi connectivity index (χ3v) is 3.76. The van der Waals surface area contributed by atoms with E-state index >= 15 is 0 Å². The van der Waals surface area contributed by atoms with Crippen LogP contribution in [0.25, 0.3) is 11.3 Å². The van der Waals surface area contributed by atoms with E-state index in [0.717, 1.165) is 0 Å². The summed E-state index contributed by atoms with van der Waals surface area (Å²) in [5, 5.41) is 26.4. The monoisotopic (exact) mass is 344 g/mol. The van der Waals surface area contributed by atoms with Gasteiger partial charge in [-0.2, -0.15) is 5.10 Å². The maximum absolute atomic E-state index is 11.3. The molecular weight excluding hydrogens is 332 g/mol. The second kappa shape index (κ2) is 6.77. The molecule has 122 valence electrons. The van der Waals surface area contributed by atoms with Crippen molar-refractivity contribution in [3.8, 4) is 11.3 Å². The lowest BCUT2D eigenvalue weighted by Crippen LogP contribution is -2.09. The number of hydrogen-bond acceptors (Lipinski definition) is 5. The van der Waals surface area contributed by atoms with Gasteiger partial charge >= 0.3 is 5.69 Å². The van der Waals surface area contributed by atoms with Crippen LogP contribution in [0.4, 0.5) is 5.69 Å². The van der Waals surface area contributed by atoms with E-state index in [2.05, 4.69) is 10.1 Å².